The third kappa shape index (κ3) is 1.71. The highest BCUT2D eigenvalue weighted by molar-refractivity contribution is 9.10. The molecule has 4 heteroatoms. The van der Waals surface area contributed by atoms with Gasteiger partial charge in [0.05, 0.1) is 11.3 Å². The summed E-state index contributed by atoms with van der Waals surface area (Å²) in [7, 11) is 0. The lowest BCUT2D eigenvalue weighted by atomic mass is 10.2. The fraction of sp³-hybridized carbons (Fsp3) is 0.100. The van der Waals surface area contributed by atoms with Crippen LogP contribution in [-0.2, 0) is 6.54 Å². The first-order valence-corrected chi connectivity index (χ1v) is 5.00. The first-order chi connectivity index (χ1) is 6.81. The number of aromatic nitrogens is 1. The molecule has 0 amide bonds. The van der Waals surface area contributed by atoms with Crippen LogP contribution in [0, 0.1) is 0 Å². The van der Waals surface area contributed by atoms with E-state index in [0.29, 0.717) is 12.4 Å². The van der Waals surface area contributed by atoms with Gasteiger partial charge in [-0.15, -0.1) is 0 Å². The molecule has 0 aliphatic rings. The van der Waals surface area contributed by atoms with Gasteiger partial charge in [-0.1, -0.05) is 12.1 Å². The Labute approximate surface area is 90.1 Å². The highest BCUT2D eigenvalue weighted by Gasteiger charge is 2.08. The van der Waals surface area contributed by atoms with E-state index in [9.17, 15) is 0 Å². The molecule has 0 radical (unpaired) electrons. The Morgan fingerprint density at radius 3 is 2.79 bits per heavy atom. The van der Waals surface area contributed by atoms with Crippen LogP contribution in [0.1, 0.15) is 5.69 Å². The van der Waals surface area contributed by atoms with Crippen molar-refractivity contribution in [2.45, 2.75) is 6.54 Å². The first kappa shape index (κ1) is 9.43. The normalized spacial score (nSPS) is 10.4. The molecular weight excluding hydrogens is 244 g/mol. The van der Waals surface area contributed by atoms with Crippen LogP contribution >= 0.6 is 15.9 Å². The van der Waals surface area contributed by atoms with Crippen molar-refractivity contribution in [3.8, 4) is 11.5 Å². The Bertz CT molecular complexity index is 439. The zero-order valence-electron chi connectivity index (χ0n) is 7.40. The Morgan fingerprint density at radius 1 is 1.36 bits per heavy atom. The third-order valence-electron chi connectivity index (χ3n) is 1.87. The van der Waals surface area contributed by atoms with Gasteiger partial charge in [0.2, 0.25) is 5.89 Å². The molecular formula is C10H9BrN2O. The van der Waals surface area contributed by atoms with Crippen LogP contribution in [0.25, 0.3) is 11.5 Å². The molecule has 0 spiro atoms. The molecule has 2 rings (SSSR count). The van der Waals surface area contributed by atoms with E-state index in [2.05, 4.69) is 20.9 Å². The van der Waals surface area contributed by atoms with Gasteiger partial charge in [-0.05, 0) is 28.1 Å². The summed E-state index contributed by atoms with van der Waals surface area (Å²) in [6.07, 6.45) is 1.58. The minimum absolute atomic E-state index is 0.397. The molecule has 0 aliphatic carbocycles. The molecule has 0 bridgehead atoms. The monoisotopic (exact) mass is 252 g/mol. The summed E-state index contributed by atoms with van der Waals surface area (Å²) in [6, 6.07) is 7.77. The predicted molar refractivity (Wildman–Crippen MR) is 57.5 cm³/mol. The lowest BCUT2D eigenvalue weighted by Crippen LogP contribution is -1.95. The average Bonchev–Trinajstić information content (AvgIpc) is 2.67. The molecule has 0 aliphatic heterocycles. The van der Waals surface area contributed by atoms with E-state index in [4.69, 9.17) is 10.2 Å². The fourth-order valence-electron chi connectivity index (χ4n) is 1.16. The Kier molecular flexibility index (Phi) is 2.65. The number of benzene rings is 1. The van der Waals surface area contributed by atoms with Crippen molar-refractivity contribution in [1.29, 1.82) is 0 Å². The van der Waals surface area contributed by atoms with Crippen LogP contribution < -0.4 is 5.73 Å². The first-order valence-electron chi connectivity index (χ1n) is 4.20. The smallest absolute Gasteiger partial charge is 0.227 e. The summed E-state index contributed by atoms with van der Waals surface area (Å²) in [5.74, 6) is 0.595. The number of oxazole rings is 1. The summed E-state index contributed by atoms with van der Waals surface area (Å²) >= 11 is 3.43. The van der Waals surface area contributed by atoms with Crippen molar-refractivity contribution in [2.24, 2.45) is 5.73 Å². The number of halogens is 1. The molecule has 0 fully saturated rings. The molecule has 0 unspecified atom stereocenters. The summed E-state index contributed by atoms with van der Waals surface area (Å²) in [4.78, 5) is 4.24. The minimum atomic E-state index is 0.397. The quantitative estimate of drug-likeness (QED) is 0.894. The van der Waals surface area contributed by atoms with E-state index < -0.39 is 0 Å². The van der Waals surface area contributed by atoms with Gasteiger partial charge in [0.15, 0.2) is 0 Å². The Hall–Kier alpha value is -1.13. The number of rotatable bonds is 2. The van der Waals surface area contributed by atoms with Crippen LogP contribution in [0.4, 0.5) is 0 Å². The zero-order valence-corrected chi connectivity index (χ0v) is 8.99. The molecule has 2 aromatic rings. The van der Waals surface area contributed by atoms with E-state index in [-0.39, 0.29) is 0 Å². The molecule has 0 atom stereocenters. The molecule has 1 heterocycles. The van der Waals surface area contributed by atoms with Crippen molar-refractivity contribution >= 4 is 15.9 Å². The van der Waals surface area contributed by atoms with E-state index in [1.807, 2.05) is 24.3 Å². The van der Waals surface area contributed by atoms with Crippen molar-refractivity contribution in [1.82, 2.24) is 4.98 Å². The Morgan fingerprint density at radius 2 is 2.14 bits per heavy atom. The lowest BCUT2D eigenvalue weighted by Gasteiger charge is -1.97. The van der Waals surface area contributed by atoms with Gasteiger partial charge in [-0.3, -0.25) is 0 Å². The van der Waals surface area contributed by atoms with Crippen LogP contribution in [0.3, 0.4) is 0 Å². The van der Waals surface area contributed by atoms with Crippen molar-refractivity contribution in [3.63, 3.8) is 0 Å². The maximum Gasteiger partial charge on any atom is 0.227 e. The molecule has 1 aromatic carbocycles. The molecule has 3 nitrogen and oxygen atoms in total. The third-order valence-corrected chi connectivity index (χ3v) is 2.56. The van der Waals surface area contributed by atoms with Gasteiger partial charge in [-0.2, -0.15) is 0 Å². The average molecular weight is 253 g/mol. The van der Waals surface area contributed by atoms with Gasteiger partial charge in [0, 0.05) is 11.0 Å². The van der Waals surface area contributed by atoms with Crippen molar-refractivity contribution in [2.75, 3.05) is 0 Å². The largest absolute Gasteiger partial charge is 0.444 e. The number of nitrogens with two attached hydrogens (primary N) is 1. The molecule has 72 valence electrons. The van der Waals surface area contributed by atoms with Crippen LogP contribution in [0.15, 0.2) is 39.4 Å². The minimum Gasteiger partial charge on any atom is -0.444 e. The summed E-state index contributed by atoms with van der Waals surface area (Å²) < 4.78 is 6.26. The maximum absolute atomic E-state index is 5.45. The predicted octanol–water partition coefficient (Wildman–Crippen LogP) is 2.56. The second-order valence-electron chi connectivity index (χ2n) is 2.83. The van der Waals surface area contributed by atoms with Crippen LogP contribution in [-0.4, -0.2) is 4.98 Å². The van der Waals surface area contributed by atoms with Gasteiger partial charge < -0.3 is 10.2 Å². The van der Waals surface area contributed by atoms with Gasteiger partial charge >= 0.3 is 0 Å². The second-order valence-corrected chi connectivity index (χ2v) is 3.68. The van der Waals surface area contributed by atoms with Gasteiger partial charge in [-0.25, -0.2) is 4.98 Å². The van der Waals surface area contributed by atoms with Crippen LogP contribution in [0.2, 0.25) is 0 Å². The highest BCUT2D eigenvalue weighted by Crippen LogP contribution is 2.26. The molecule has 1 aromatic heterocycles. The lowest BCUT2D eigenvalue weighted by molar-refractivity contribution is 0.572. The van der Waals surface area contributed by atoms with Gasteiger partial charge in [0.25, 0.3) is 0 Å². The standard InChI is InChI=1S/C10H9BrN2O/c11-9-4-2-1-3-8(9)10-13-7(5-12)6-14-10/h1-4,6H,5,12H2. The van der Waals surface area contributed by atoms with E-state index in [1.54, 1.807) is 6.26 Å². The van der Waals surface area contributed by atoms with E-state index in [0.717, 1.165) is 15.7 Å². The maximum atomic E-state index is 5.45. The van der Waals surface area contributed by atoms with Crippen molar-refractivity contribution < 1.29 is 4.42 Å². The molecule has 0 saturated carbocycles. The summed E-state index contributed by atoms with van der Waals surface area (Å²) in [5, 5.41) is 0. The summed E-state index contributed by atoms with van der Waals surface area (Å²) in [6.45, 7) is 0.397. The number of hydrogen-bond donors (Lipinski definition) is 1. The van der Waals surface area contributed by atoms with Crippen LogP contribution in [0.5, 0.6) is 0 Å². The highest BCUT2D eigenvalue weighted by atomic mass is 79.9. The molecule has 2 N–H and O–H groups in total. The summed E-state index contributed by atoms with van der Waals surface area (Å²) in [5.41, 5.74) is 7.14. The van der Waals surface area contributed by atoms with E-state index in [1.165, 1.54) is 0 Å². The molecule has 14 heavy (non-hydrogen) atoms. The van der Waals surface area contributed by atoms with E-state index >= 15 is 0 Å². The topological polar surface area (TPSA) is 52.0 Å². The number of hydrogen-bond acceptors (Lipinski definition) is 3. The second kappa shape index (κ2) is 3.94. The SMILES string of the molecule is NCc1coc(-c2ccccc2Br)n1. The van der Waals surface area contributed by atoms with Gasteiger partial charge in [0.1, 0.15) is 6.26 Å². The molecule has 0 saturated heterocycles. The fourth-order valence-corrected chi connectivity index (χ4v) is 1.61. The number of nitrogens with zero attached hydrogens (tertiary/aromatic N) is 1. The van der Waals surface area contributed by atoms with Crippen molar-refractivity contribution in [3.05, 3.63) is 40.7 Å². The zero-order chi connectivity index (χ0) is 9.97. The Balaban J connectivity index is 2.44.